The molecule has 2 amide bonds. The average molecular weight is 280 g/mol. The number of hydrogen-bond acceptors (Lipinski definition) is 3. The van der Waals surface area contributed by atoms with Crippen molar-refractivity contribution in [1.82, 2.24) is 19.8 Å². The molecule has 110 valence electrons. The Bertz CT molecular complexity index is 474. The third-order valence-electron chi connectivity index (χ3n) is 3.98. The number of likely N-dealkylation sites (tertiary alicyclic amines) is 1. The summed E-state index contributed by atoms with van der Waals surface area (Å²) in [5.74, 6) is -0.811. The average Bonchev–Trinajstić information content (AvgIpc) is 3.08. The predicted molar refractivity (Wildman–Crippen MR) is 72.2 cm³/mol. The van der Waals surface area contributed by atoms with Crippen molar-refractivity contribution in [3.05, 3.63) is 18.7 Å². The lowest BCUT2D eigenvalue weighted by Crippen LogP contribution is -2.42. The van der Waals surface area contributed by atoms with E-state index in [-0.39, 0.29) is 12.6 Å². The minimum atomic E-state index is -0.811. The zero-order chi connectivity index (χ0) is 14.6. The quantitative estimate of drug-likeness (QED) is 0.834. The van der Waals surface area contributed by atoms with Crippen LogP contribution >= 0.6 is 0 Å². The van der Waals surface area contributed by atoms with Gasteiger partial charge in [0.1, 0.15) is 0 Å². The van der Waals surface area contributed by atoms with Crippen molar-refractivity contribution in [2.24, 2.45) is 5.41 Å². The maximum atomic E-state index is 12.0. The van der Waals surface area contributed by atoms with Gasteiger partial charge in [-0.2, -0.15) is 0 Å². The van der Waals surface area contributed by atoms with Crippen LogP contribution in [0.25, 0.3) is 0 Å². The summed E-state index contributed by atoms with van der Waals surface area (Å²) in [4.78, 5) is 28.8. The summed E-state index contributed by atoms with van der Waals surface area (Å²) in [7, 11) is 0. The highest BCUT2D eigenvalue weighted by molar-refractivity contribution is 5.79. The number of urea groups is 1. The van der Waals surface area contributed by atoms with Crippen LogP contribution in [0.2, 0.25) is 0 Å². The number of aliphatic carboxylic acids is 1. The van der Waals surface area contributed by atoms with Crippen molar-refractivity contribution >= 4 is 12.0 Å². The number of imidazole rings is 1. The molecule has 7 heteroatoms. The van der Waals surface area contributed by atoms with Crippen molar-refractivity contribution in [1.29, 1.82) is 0 Å². The molecule has 1 aliphatic heterocycles. The van der Waals surface area contributed by atoms with E-state index in [2.05, 4.69) is 10.3 Å². The standard InChI is InChI=1S/C13H20N4O3/c1-2-13(11(18)19)3-6-17(9-13)12(20)15-5-8-16-7-4-14-10-16/h4,7,10H,2-3,5-6,8-9H2,1H3,(H,15,20)(H,18,19). The Hall–Kier alpha value is -2.05. The Labute approximate surface area is 117 Å². The highest BCUT2D eigenvalue weighted by atomic mass is 16.4. The largest absolute Gasteiger partial charge is 0.481 e. The molecule has 0 aromatic carbocycles. The van der Waals surface area contributed by atoms with Crippen LogP contribution < -0.4 is 5.32 Å². The number of carbonyl (C=O) groups excluding carboxylic acids is 1. The van der Waals surface area contributed by atoms with Gasteiger partial charge < -0.3 is 19.9 Å². The van der Waals surface area contributed by atoms with Crippen molar-refractivity contribution < 1.29 is 14.7 Å². The number of aromatic nitrogens is 2. The van der Waals surface area contributed by atoms with E-state index in [9.17, 15) is 14.7 Å². The Morgan fingerprint density at radius 2 is 2.30 bits per heavy atom. The van der Waals surface area contributed by atoms with Crippen LogP contribution in [0.5, 0.6) is 0 Å². The molecule has 0 bridgehead atoms. The van der Waals surface area contributed by atoms with E-state index >= 15 is 0 Å². The maximum absolute atomic E-state index is 12.0. The SMILES string of the molecule is CCC1(C(=O)O)CCN(C(=O)NCCn2ccnc2)C1. The molecule has 7 nitrogen and oxygen atoms in total. The zero-order valence-electron chi connectivity index (χ0n) is 11.6. The van der Waals surface area contributed by atoms with E-state index in [1.54, 1.807) is 17.4 Å². The Kier molecular flexibility index (Phi) is 4.26. The summed E-state index contributed by atoms with van der Waals surface area (Å²) in [6, 6.07) is -0.193. The van der Waals surface area contributed by atoms with Gasteiger partial charge in [-0.05, 0) is 12.8 Å². The number of amides is 2. The van der Waals surface area contributed by atoms with Crippen LogP contribution in [0, 0.1) is 5.41 Å². The first-order valence-corrected chi connectivity index (χ1v) is 6.79. The first kappa shape index (κ1) is 14.4. The van der Waals surface area contributed by atoms with Crippen LogP contribution in [0.3, 0.4) is 0 Å². The first-order valence-electron chi connectivity index (χ1n) is 6.79. The molecule has 0 radical (unpaired) electrons. The Morgan fingerprint density at radius 1 is 1.50 bits per heavy atom. The van der Waals surface area contributed by atoms with Crippen molar-refractivity contribution in [3.63, 3.8) is 0 Å². The van der Waals surface area contributed by atoms with E-state index in [0.29, 0.717) is 32.5 Å². The summed E-state index contributed by atoms with van der Waals surface area (Å²) in [6.07, 6.45) is 6.27. The predicted octanol–water partition coefficient (Wildman–Crippen LogP) is 0.779. The summed E-state index contributed by atoms with van der Waals surface area (Å²) in [5.41, 5.74) is -0.776. The molecule has 1 unspecified atom stereocenters. The molecule has 2 rings (SSSR count). The fourth-order valence-corrected chi connectivity index (χ4v) is 2.48. The molecule has 1 atom stereocenters. The Morgan fingerprint density at radius 3 is 2.85 bits per heavy atom. The van der Waals surface area contributed by atoms with Gasteiger partial charge in [0.05, 0.1) is 11.7 Å². The number of rotatable bonds is 5. The fraction of sp³-hybridized carbons (Fsp3) is 0.615. The molecular formula is C13H20N4O3. The molecule has 1 aromatic heterocycles. The van der Waals surface area contributed by atoms with E-state index in [4.69, 9.17) is 0 Å². The van der Waals surface area contributed by atoms with Crippen LogP contribution in [0.15, 0.2) is 18.7 Å². The van der Waals surface area contributed by atoms with E-state index in [1.165, 1.54) is 0 Å². The normalized spacial score (nSPS) is 21.9. The molecule has 20 heavy (non-hydrogen) atoms. The number of hydrogen-bond donors (Lipinski definition) is 2. The molecule has 1 aliphatic rings. The van der Waals surface area contributed by atoms with E-state index < -0.39 is 11.4 Å². The minimum Gasteiger partial charge on any atom is -0.481 e. The molecule has 2 heterocycles. The second kappa shape index (κ2) is 5.94. The number of carboxylic acid groups (broad SMARTS) is 1. The number of carbonyl (C=O) groups is 2. The summed E-state index contributed by atoms with van der Waals surface area (Å²) in [5, 5.41) is 12.1. The van der Waals surface area contributed by atoms with Gasteiger partial charge in [0.25, 0.3) is 0 Å². The summed E-state index contributed by atoms with van der Waals surface area (Å²) < 4.78 is 1.87. The lowest BCUT2D eigenvalue weighted by molar-refractivity contribution is -0.148. The van der Waals surface area contributed by atoms with Crippen molar-refractivity contribution in [3.8, 4) is 0 Å². The van der Waals surface area contributed by atoms with Crippen molar-refractivity contribution in [2.75, 3.05) is 19.6 Å². The van der Waals surface area contributed by atoms with Crippen molar-refractivity contribution in [2.45, 2.75) is 26.3 Å². The molecule has 0 spiro atoms. The lowest BCUT2D eigenvalue weighted by Gasteiger charge is -2.23. The maximum Gasteiger partial charge on any atom is 0.317 e. The number of nitrogens with zero attached hydrogens (tertiary/aromatic N) is 3. The summed E-state index contributed by atoms with van der Waals surface area (Å²) >= 11 is 0. The minimum absolute atomic E-state index is 0.193. The molecule has 0 aliphatic carbocycles. The van der Waals surface area contributed by atoms with Crippen LogP contribution in [-0.4, -0.2) is 51.2 Å². The van der Waals surface area contributed by atoms with Crippen LogP contribution in [0.4, 0.5) is 4.79 Å². The molecular weight excluding hydrogens is 260 g/mol. The van der Waals surface area contributed by atoms with Gasteiger partial charge in [-0.3, -0.25) is 4.79 Å². The number of carboxylic acids is 1. The highest BCUT2D eigenvalue weighted by Gasteiger charge is 2.44. The zero-order valence-corrected chi connectivity index (χ0v) is 11.6. The fourth-order valence-electron chi connectivity index (χ4n) is 2.48. The lowest BCUT2D eigenvalue weighted by atomic mass is 9.84. The second-order valence-electron chi connectivity index (χ2n) is 5.14. The smallest absolute Gasteiger partial charge is 0.317 e. The van der Waals surface area contributed by atoms with Gasteiger partial charge >= 0.3 is 12.0 Å². The van der Waals surface area contributed by atoms with Gasteiger partial charge in [-0.25, -0.2) is 9.78 Å². The molecule has 2 N–H and O–H groups in total. The molecule has 0 saturated carbocycles. The van der Waals surface area contributed by atoms with Gasteiger partial charge in [0, 0.05) is 38.6 Å². The van der Waals surface area contributed by atoms with Gasteiger partial charge in [0.15, 0.2) is 0 Å². The van der Waals surface area contributed by atoms with Crippen LogP contribution in [0.1, 0.15) is 19.8 Å². The highest BCUT2D eigenvalue weighted by Crippen LogP contribution is 2.34. The molecule has 1 fully saturated rings. The summed E-state index contributed by atoms with van der Waals surface area (Å²) in [6.45, 7) is 3.79. The van der Waals surface area contributed by atoms with E-state index in [0.717, 1.165) is 0 Å². The first-order chi connectivity index (χ1) is 9.57. The van der Waals surface area contributed by atoms with Gasteiger partial charge in [-0.15, -0.1) is 0 Å². The Balaban J connectivity index is 1.80. The van der Waals surface area contributed by atoms with Crippen LogP contribution in [-0.2, 0) is 11.3 Å². The second-order valence-corrected chi connectivity index (χ2v) is 5.14. The van der Waals surface area contributed by atoms with E-state index in [1.807, 2.05) is 17.7 Å². The molecule has 1 saturated heterocycles. The number of nitrogens with one attached hydrogen (secondary N) is 1. The monoisotopic (exact) mass is 280 g/mol. The van der Waals surface area contributed by atoms with Gasteiger partial charge in [0.2, 0.25) is 0 Å². The molecule has 1 aromatic rings. The topological polar surface area (TPSA) is 87.5 Å². The van der Waals surface area contributed by atoms with Gasteiger partial charge in [-0.1, -0.05) is 6.92 Å². The third kappa shape index (κ3) is 2.92. The third-order valence-corrected chi connectivity index (χ3v) is 3.98.